The Bertz CT molecular complexity index is 584. The minimum Gasteiger partial charge on any atom is -0.423 e. The number of carbonyl (C=O) groups excluding carboxylic acids is 2. The van der Waals surface area contributed by atoms with Crippen LogP contribution in [0.1, 0.15) is 18.9 Å². The van der Waals surface area contributed by atoms with Crippen LogP contribution in [0.4, 0.5) is 0 Å². The summed E-state index contributed by atoms with van der Waals surface area (Å²) in [6.45, 7) is 4.34. The van der Waals surface area contributed by atoms with Crippen LogP contribution in [0.2, 0.25) is 6.55 Å². The van der Waals surface area contributed by atoms with Crippen LogP contribution in [0.25, 0.3) is 0 Å². The molecule has 0 amide bonds. The van der Waals surface area contributed by atoms with E-state index in [0.717, 1.165) is 10.8 Å². The number of cyclic esters (lactones) is 2. The molecule has 1 saturated heterocycles. The molecule has 0 N–H and O–H groups in total. The molecular weight excluding hydrogens is 332 g/mol. The lowest BCUT2D eigenvalue weighted by Gasteiger charge is -2.26. The fourth-order valence-corrected chi connectivity index (χ4v) is 5.52. The standard InChI is InChI=1S/C15H22O6Si2/c1-5-20-22-15(10-13(16)21-14(15)17)11-6-8-12(9-7-11)23(4,18-2)19-3/h6-9H,5,10,22H2,1-4H3. The van der Waals surface area contributed by atoms with Crippen LogP contribution in [0, 0.1) is 0 Å². The van der Waals surface area contributed by atoms with Gasteiger partial charge in [0, 0.05) is 20.8 Å². The van der Waals surface area contributed by atoms with Crippen LogP contribution in [-0.2, 0) is 32.6 Å². The van der Waals surface area contributed by atoms with E-state index in [4.69, 9.17) is 18.0 Å². The summed E-state index contributed by atoms with van der Waals surface area (Å²) in [7, 11) is -0.469. The Hall–Kier alpha value is -1.33. The molecule has 1 atom stereocenters. The number of ether oxygens (including phenoxy) is 1. The van der Waals surface area contributed by atoms with E-state index < -0.39 is 35.3 Å². The second kappa shape index (κ2) is 7.06. The molecule has 0 aliphatic carbocycles. The smallest absolute Gasteiger partial charge is 0.368 e. The Labute approximate surface area is 139 Å². The summed E-state index contributed by atoms with van der Waals surface area (Å²) < 4.78 is 21.4. The Morgan fingerprint density at radius 3 is 2.26 bits per heavy atom. The van der Waals surface area contributed by atoms with E-state index in [2.05, 4.69) is 0 Å². The summed E-state index contributed by atoms with van der Waals surface area (Å²) in [5, 5.41) is 0.0288. The molecule has 1 heterocycles. The van der Waals surface area contributed by atoms with Gasteiger partial charge in [0.05, 0.1) is 6.42 Å². The summed E-state index contributed by atoms with van der Waals surface area (Å²) in [5.74, 6) is -0.979. The van der Waals surface area contributed by atoms with E-state index in [-0.39, 0.29) is 6.42 Å². The average molecular weight is 355 g/mol. The first-order chi connectivity index (χ1) is 10.9. The fraction of sp³-hybridized carbons (Fsp3) is 0.467. The number of rotatable bonds is 7. The lowest BCUT2D eigenvalue weighted by molar-refractivity contribution is -0.152. The van der Waals surface area contributed by atoms with Crippen molar-refractivity contribution in [3.8, 4) is 0 Å². The van der Waals surface area contributed by atoms with E-state index in [9.17, 15) is 9.59 Å². The second-order valence-corrected chi connectivity index (χ2v) is 10.8. The third-order valence-electron chi connectivity index (χ3n) is 4.34. The van der Waals surface area contributed by atoms with Crippen LogP contribution in [0.15, 0.2) is 24.3 Å². The Balaban J connectivity index is 2.38. The predicted molar refractivity (Wildman–Crippen MR) is 89.3 cm³/mol. The quantitative estimate of drug-likeness (QED) is 0.391. The van der Waals surface area contributed by atoms with E-state index >= 15 is 0 Å². The summed E-state index contributed by atoms with van der Waals surface area (Å²) in [6, 6.07) is 7.49. The predicted octanol–water partition coefficient (Wildman–Crippen LogP) is 0.0475. The van der Waals surface area contributed by atoms with Gasteiger partial charge in [-0.15, -0.1) is 0 Å². The second-order valence-electron chi connectivity index (χ2n) is 5.59. The van der Waals surface area contributed by atoms with Gasteiger partial charge in [-0.25, -0.2) is 0 Å². The third kappa shape index (κ3) is 3.31. The van der Waals surface area contributed by atoms with Gasteiger partial charge < -0.3 is 18.0 Å². The minimum absolute atomic E-state index is 0.0562. The first-order valence-corrected chi connectivity index (χ1v) is 11.1. The molecule has 126 valence electrons. The van der Waals surface area contributed by atoms with Crippen molar-refractivity contribution in [3.05, 3.63) is 29.8 Å². The van der Waals surface area contributed by atoms with Crippen molar-refractivity contribution < 1.29 is 27.6 Å². The van der Waals surface area contributed by atoms with Crippen LogP contribution in [-0.4, -0.2) is 51.1 Å². The summed E-state index contributed by atoms with van der Waals surface area (Å²) in [5.41, 5.74) is 0.765. The number of carbonyl (C=O) groups is 2. The van der Waals surface area contributed by atoms with Crippen molar-refractivity contribution in [1.82, 2.24) is 0 Å². The Morgan fingerprint density at radius 2 is 1.83 bits per heavy atom. The SMILES string of the molecule is CCO[SiH2]C1(c2ccc([Si](C)(OC)OC)cc2)CC(=O)OC1=O. The molecule has 0 aromatic heterocycles. The van der Waals surface area contributed by atoms with Gasteiger partial charge in [-0.3, -0.25) is 9.59 Å². The first-order valence-electron chi connectivity index (χ1n) is 7.46. The first kappa shape index (κ1) is 18.0. The van der Waals surface area contributed by atoms with Crippen LogP contribution >= 0.6 is 0 Å². The molecule has 0 spiro atoms. The highest BCUT2D eigenvalue weighted by molar-refractivity contribution is 6.79. The Kier molecular flexibility index (Phi) is 5.53. The van der Waals surface area contributed by atoms with Gasteiger partial charge in [0.2, 0.25) is 0 Å². The third-order valence-corrected chi connectivity index (χ3v) is 9.33. The van der Waals surface area contributed by atoms with Gasteiger partial charge in [0.15, 0.2) is 9.76 Å². The zero-order valence-electron chi connectivity index (χ0n) is 13.9. The lowest BCUT2D eigenvalue weighted by Crippen LogP contribution is -2.49. The van der Waals surface area contributed by atoms with Crippen molar-refractivity contribution in [2.24, 2.45) is 0 Å². The van der Waals surface area contributed by atoms with Crippen molar-refractivity contribution in [2.75, 3.05) is 20.8 Å². The molecule has 6 nitrogen and oxygen atoms in total. The van der Waals surface area contributed by atoms with Gasteiger partial charge in [-0.1, -0.05) is 24.3 Å². The highest BCUT2D eigenvalue weighted by Crippen LogP contribution is 2.34. The largest absolute Gasteiger partial charge is 0.423 e. The van der Waals surface area contributed by atoms with Gasteiger partial charge in [0.1, 0.15) is 5.04 Å². The van der Waals surface area contributed by atoms with Gasteiger partial charge in [-0.05, 0) is 24.2 Å². The molecule has 0 radical (unpaired) electrons. The lowest BCUT2D eigenvalue weighted by atomic mass is 9.96. The van der Waals surface area contributed by atoms with Crippen molar-refractivity contribution in [3.63, 3.8) is 0 Å². The number of esters is 2. The van der Waals surface area contributed by atoms with E-state index in [0.29, 0.717) is 6.61 Å². The fourth-order valence-electron chi connectivity index (χ4n) is 2.66. The molecule has 23 heavy (non-hydrogen) atoms. The monoisotopic (exact) mass is 354 g/mol. The van der Waals surface area contributed by atoms with Gasteiger partial charge in [-0.2, -0.15) is 0 Å². The maximum Gasteiger partial charge on any atom is 0.368 e. The van der Waals surface area contributed by atoms with Crippen LogP contribution < -0.4 is 5.19 Å². The van der Waals surface area contributed by atoms with E-state index in [1.165, 1.54) is 0 Å². The molecule has 0 bridgehead atoms. The molecule has 0 saturated carbocycles. The number of benzene rings is 1. The van der Waals surface area contributed by atoms with Crippen molar-refractivity contribution in [2.45, 2.75) is 24.9 Å². The molecule has 1 fully saturated rings. The summed E-state index contributed by atoms with van der Waals surface area (Å²) in [6.07, 6.45) is 0.0562. The molecule has 2 rings (SSSR count). The molecule has 8 heteroatoms. The van der Waals surface area contributed by atoms with Crippen molar-refractivity contribution in [1.29, 1.82) is 0 Å². The van der Waals surface area contributed by atoms with E-state index in [1.807, 2.05) is 37.7 Å². The highest BCUT2D eigenvalue weighted by atomic mass is 28.4. The molecule has 1 aromatic rings. The topological polar surface area (TPSA) is 71.1 Å². The van der Waals surface area contributed by atoms with Crippen LogP contribution in [0.3, 0.4) is 0 Å². The van der Waals surface area contributed by atoms with Gasteiger partial charge in [0.25, 0.3) is 0 Å². The number of hydrogen-bond donors (Lipinski definition) is 0. The average Bonchev–Trinajstić information content (AvgIpc) is 2.87. The highest BCUT2D eigenvalue weighted by Gasteiger charge is 2.51. The zero-order valence-corrected chi connectivity index (χ0v) is 16.3. The molecular formula is C15H22O6Si2. The Morgan fingerprint density at radius 1 is 1.22 bits per heavy atom. The zero-order chi connectivity index (χ0) is 17.1. The normalized spacial score (nSPS) is 22.1. The maximum atomic E-state index is 12.3. The molecule has 1 aromatic carbocycles. The van der Waals surface area contributed by atoms with Gasteiger partial charge >= 0.3 is 20.5 Å². The molecule has 1 unspecified atom stereocenters. The maximum absolute atomic E-state index is 12.3. The molecule has 1 aliphatic heterocycles. The van der Waals surface area contributed by atoms with Crippen LogP contribution in [0.5, 0.6) is 0 Å². The van der Waals surface area contributed by atoms with Crippen molar-refractivity contribution >= 4 is 35.4 Å². The summed E-state index contributed by atoms with van der Waals surface area (Å²) >= 11 is 0. The minimum atomic E-state index is -2.42. The van der Waals surface area contributed by atoms with E-state index in [1.54, 1.807) is 14.2 Å². The summed E-state index contributed by atoms with van der Waals surface area (Å²) in [4.78, 5) is 23.9. The molecule has 1 aliphatic rings. The number of hydrogen-bond acceptors (Lipinski definition) is 6.